The van der Waals surface area contributed by atoms with Crippen LogP contribution in [0.25, 0.3) is 0 Å². The highest BCUT2D eigenvalue weighted by Gasteiger charge is 2.19. The smallest absolute Gasteiger partial charge is 0.306 e. The number of hydrogen-bond acceptors (Lipinski definition) is 6. The molecule has 0 aliphatic rings. The van der Waals surface area contributed by atoms with Crippen molar-refractivity contribution in [2.75, 3.05) is 13.2 Å². The van der Waals surface area contributed by atoms with Crippen molar-refractivity contribution in [3.8, 4) is 0 Å². The molecule has 0 saturated heterocycles. The Bertz CT molecular complexity index is 1380. The molecule has 69 heavy (non-hydrogen) atoms. The van der Waals surface area contributed by atoms with Crippen LogP contribution in [-0.2, 0) is 28.6 Å². The van der Waals surface area contributed by atoms with Gasteiger partial charge in [0.2, 0.25) is 0 Å². The first-order chi connectivity index (χ1) is 34.0. The third-order valence-corrected chi connectivity index (χ3v) is 12.0. The molecule has 0 spiro atoms. The lowest BCUT2D eigenvalue weighted by molar-refractivity contribution is -0.166. The molecule has 394 valence electrons. The average molecular weight is 960 g/mol. The maximum Gasteiger partial charge on any atom is 0.306 e. The predicted molar refractivity (Wildman–Crippen MR) is 297 cm³/mol. The summed E-state index contributed by atoms with van der Waals surface area (Å²) in [6, 6.07) is 0. The third-order valence-electron chi connectivity index (χ3n) is 12.0. The van der Waals surface area contributed by atoms with Crippen LogP contribution >= 0.6 is 0 Å². The Hall–Kier alpha value is -3.67. The van der Waals surface area contributed by atoms with Gasteiger partial charge in [-0.1, -0.05) is 227 Å². The van der Waals surface area contributed by atoms with Gasteiger partial charge in [-0.15, -0.1) is 0 Å². The van der Waals surface area contributed by atoms with Gasteiger partial charge in [-0.05, 0) is 116 Å². The van der Waals surface area contributed by atoms with Gasteiger partial charge in [0.1, 0.15) is 13.2 Å². The summed E-state index contributed by atoms with van der Waals surface area (Å²) in [4.78, 5) is 38.1. The van der Waals surface area contributed by atoms with Gasteiger partial charge >= 0.3 is 17.9 Å². The number of hydrogen-bond donors (Lipinski definition) is 0. The van der Waals surface area contributed by atoms with E-state index in [2.05, 4.69) is 112 Å². The van der Waals surface area contributed by atoms with Crippen LogP contribution in [0.3, 0.4) is 0 Å². The Labute approximate surface area is 426 Å². The fourth-order valence-corrected chi connectivity index (χ4v) is 7.68. The van der Waals surface area contributed by atoms with Gasteiger partial charge in [-0.3, -0.25) is 14.4 Å². The number of unbranched alkanes of at least 4 members (excludes halogenated alkanes) is 24. The van der Waals surface area contributed by atoms with Crippen LogP contribution in [0.4, 0.5) is 0 Å². The van der Waals surface area contributed by atoms with Crippen LogP contribution in [0, 0.1) is 0 Å². The summed E-state index contributed by atoms with van der Waals surface area (Å²) in [5.41, 5.74) is 0. The second-order valence-corrected chi connectivity index (χ2v) is 18.8. The van der Waals surface area contributed by atoms with Crippen molar-refractivity contribution >= 4 is 17.9 Å². The van der Waals surface area contributed by atoms with Crippen LogP contribution in [0.5, 0.6) is 0 Å². The van der Waals surface area contributed by atoms with E-state index < -0.39 is 6.10 Å². The molecule has 0 aromatic rings. The molecule has 0 radical (unpaired) electrons. The van der Waals surface area contributed by atoms with Crippen LogP contribution in [0.2, 0.25) is 0 Å². The van der Waals surface area contributed by atoms with Crippen molar-refractivity contribution in [3.63, 3.8) is 0 Å². The normalized spacial score (nSPS) is 12.8. The van der Waals surface area contributed by atoms with Crippen molar-refractivity contribution in [1.82, 2.24) is 0 Å². The van der Waals surface area contributed by atoms with Gasteiger partial charge < -0.3 is 14.2 Å². The number of rotatable bonds is 51. The zero-order valence-corrected chi connectivity index (χ0v) is 45.0. The van der Waals surface area contributed by atoms with Crippen molar-refractivity contribution in [2.45, 2.75) is 271 Å². The van der Waals surface area contributed by atoms with E-state index in [9.17, 15) is 14.4 Å². The zero-order valence-electron chi connectivity index (χ0n) is 45.0. The van der Waals surface area contributed by atoms with Gasteiger partial charge in [-0.25, -0.2) is 0 Å². The highest BCUT2D eigenvalue weighted by molar-refractivity contribution is 5.71. The van der Waals surface area contributed by atoms with Gasteiger partial charge in [0.05, 0.1) is 0 Å². The second-order valence-electron chi connectivity index (χ2n) is 18.8. The number of carbonyl (C=O) groups excluding carboxylic acids is 3. The number of allylic oxidation sites excluding steroid dienone is 16. The predicted octanol–water partition coefficient (Wildman–Crippen LogP) is 19.3. The summed E-state index contributed by atoms with van der Waals surface area (Å²) in [6.45, 7) is 6.51. The molecule has 0 saturated carbocycles. The highest BCUT2D eigenvalue weighted by atomic mass is 16.6. The van der Waals surface area contributed by atoms with Crippen molar-refractivity contribution < 1.29 is 28.6 Å². The molecule has 0 aliphatic carbocycles. The van der Waals surface area contributed by atoms with E-state index in [0.717, 1.165) is 89.9 Å². The molecular weight excluding hydrogens is 853 g/mol. The molecule has 0 bridgehead atoms. The highest BCUT2D eigenvalue weighted by Crippen LogP contribution is 2.14. The third kappa shape index (κ3) is 55.1. The maximum atomic E-state index is 12.8. The summed E-state index contributed by atoms with van der Waals surface area (Å²) < 4.78 is 16.8. The lowest BCUT2D eigenvalue weighted by atomic mass is 10.1. The first kappa shape index (κ1) is 65.3. The monoisotopic (exact) mass is 959 g/mol. The minimum atomic E-state index is -0.818. The van der Waals surface area contributed by atoms with E-state index in [0.29, 0.717) is 19.3 Å². The molecule has 1 atom stereocenters. The van der Waals surface area contributed by atoms with E-state index in [4.69, 9.17) is 14.2 Å². The lowest BCUT2D eigenvalue weighted by Gasteiger charge is -2.18. The molecule has 0 amide bonds. The Morgan fingerprint density at radius 2 is 0.551 bits per heavy atom. The van der Waals surface area contributed by atoms with Crippen LogP contribution in [0.1, 0.15) is 265 Å². The SMILES string of the molecule is CCCCC/C=C\C/C=C\C/C=C\C/C=C\C/C=C\CCC(=O)OC[C@H](COC(=O)CCCCCCCCC/C=C\CCCCCCCC)OC(=O)CCCCCCC/C=C\C/C=C\CCCCC. The number of carbonyl (C=O) groups is 3. The van der Waals surface area contributed by atoms with Gasteiger partial charge in [-0.2, -0.15) is 0 Å². The van der Waals surface area contributed by atoms with Gasteiger partial charge in [0, 0.05) is 19.3 Å². The van der Waals surface area contributed by atoms with Crippen LogP contribution in [0.15, 0.2) is 97.2 Å². The molecule has 0 aliphatic heterocycles. The summed E-state index contributed by atoms with van der Waals surface area (Å²) >= 11 is 0. The first-order valence-electron chi connectivity index (χ1n) is 28.7. The minimum Gasteiger partial charge on any atom is -0.462 e. The Kier molecular flexibility index (Phi) is 53.9. The molecule has 0 heterocycles. The Morgan fingerprint density at radius 1 is 0.290 bits per heavy atom. The topological polar surface area (TPSA) is 78.9 Å². The van der Waals surface area contributed by atoms with E-state index in [1.807, 2.05) is 6.08 Å². The summed E-state index contributed by atoms with van der Waals surface area (Å²) in [5, 5.41) is 0. The van der Waals surface area contributed by atoms with E-state index in [-0.39, 0.29) is 37.5 Å². The first-order valence-corrected chi connectivity index (χ1v) is 28.7. The molecular formula is C63H106O6. The molecule has 6 heteroatoms. The van der Waals surface area contributed by atoms with E-state index in [1.54, 1.807) is 0 Å². The standard InChI is InChI=1S/C63H106O6/c1-4-7-10-13-16-19-22-25-28-30-31-33-36-38-41-44-47-50-53-56-62(65)68-59-60(69-63(66)57-54-51-48-45-42-39-34-27-24-21-18-15-12-9-6-3)58-67-61(64)55-52-49-46-43-40-37-35-32-29-26-23-20-17-14-11-8-5-2/h16,18-19,21,25-29,31,33-34,38,41,47,50,60H,4-15,17,20,22-24,30,32,35-37,39-40,42-46,48-49,51-59H2,1-3H3/b19-16-,21-18-,28-25-,29-26-,33-31-,34-27-,41-38-,50-47-/t60-/m0/s1. The van der Waals surface area contributed by atoms with Crippen LogP contribution < -0.4 is 0 Å². The van der Waals surface area contributed by atoms with Gasteiger partial charge in [0.15, 0.2) is 6.10 Å². The molecule has 0 aromatic heterocycles. The molecule has 0 N–H and O–H groups in total. The number of ether oxygens (including phenoxy) is 3. The van der Waals surface area contributed by atoms with E-state index >= 15 is 0 Å². The maximum absolute atomic E-state index is 12.8. The van der Waals surface area contributed by atoms with E-state index in [1.165, 1.54) is 128 Å². The van der Waals surface area contributed by atoms with Crippen molar-refractivity contribution in [3.05, 3.63) is 97.2 Å². The summed E-state index contributed by atoms with van der Waals surface area (Å²) in [7, 11) is 0. The fraction of sp³-hybridized carbons (Fsp3) is 0.698. The molecule has 0 rings (SSSR count). The summed E-state index contributed by atoms with van der Waals surface area (Å²) in [5.74, 6) is -1.01. The lowest BCUT2D eigenvalue weighted by Crippen LogP contribution is -2.30. The summed E-state index contributed by atoms with van der Waals surface area (Å²) in [6.07, 6.45) is 75.4. The minimum absolute atomic E-state index is 0.109. The zero-order chi connectivity index (χ0) is 50.0. The molecule has 0 aromatic carbocycles. The fourth-order valence-electron chi connectivity index (χ4n) is 7.68. The number of esters is 3. The molecule has 0 fully saturated rings. The molecule has 0 unspecified atom stereocenters. The Morgan fingerprint density at radius 3 is 0.942 bits per heavy atom. The largest absolute Gasteiger partial charge is 0.462 e. The second kappa shape index (κ2) is 56.9. The quantitative estimate of drug-likeness (QED) is 0.0262. The molecule has 6 nitrogen and oxygen atoms in total. The van der Waals surface area contributed by atoms with Crippen molar-refractivity contribution in [2.24, 2.45) is 0 Å². The van der Waals surface area contributed by atoms with Crippen LogP contribution in [-0.4, -0.2) is 37.2 Å². The average Bonchev–Trinajstić information content (AvgIpc) is 3.35. The van der Waals surface area contributed by atoms with Crippen molar-refractivity contribution in [1.29, 1.82) is 0 Å². The van der Waals surface area contributed by atoms with Gasteiger partial charge in [0.25, 0.3) is 0 Å². The Balaban J connectivity index is 4.52.